The van der Waals surface area contributed by atoms with Crippen LogP contribution in [0.1, 0.15) is 31.2 Å². The summed E-state index contributed by atoms with van der Waals surface area (Å²) in [5.74, 6) is -0.224. The molecule has 1 aliphatic carbocycles. The molecule has 16 heteroatoms. The Morgan fingerprint density at radius 2 is 1.75 bits per heavy atom. The third kappa shape index (κ3) is 6.89. The van der Waals surface area contributed by atoms with Crippen LogP contribution >= 0.6 is 11.6 Å². The molecule has 0 aliphatic heterocycles. The maximum absolute atomic E-state index is 14.3. The summed E-state index contributed by atoms with van der Waals surface area (Å²) in [5, 5.41) is 14.5. The zero-order valence-electron chi connectivity index (χ0n) is 23.0. The molecule has 1 fully saturated rings. The summed E-state index contributed by atoms with van der Waals surface area (Å²) in [6.07, 6.45) is -2.25. The van der Waals surface area contributed by atoms with Crippen LogP contribution in [-0.2, 0) is 16.2 Å². The minimum atomic E-state index is -4.77. The predicted molar refractivity (Wildman–Crippen MR) is 157 cm³/mol. The molecular weight excluding hydrogens is 625 g/mol. The maximum atomic E-state index is 14.3. The number of nitrogens with zero attached hydrogens (tertiary/aromatic N) is 3. The minimum Gasteiger partial charge on any atom is -0.480 e. The van der Waals surface area contributed by atoms with Gasteiger partial charge < -0.3 is 20.5 Å². The molecule has 4 aromatic rings. The fourth-order valence-corrected chi connectivity index (χ4v) is 6.58. The number of anilines is 2. The number of ether oxygens (including phenoxy) is 1. The summed E-state index contributed by atoms with van der Waals surface area (Å²) >= 11 is 6.03. The van der Waals surface area contributed by atoms with Crippen LogP contribution in [0.3, 0.4) is 0 Å². The molecule has 4 N–H and O–H groups in total. The molecule has 0 bridgehead atoms. The van der Waals surface area contributed by atoms with Crippen LogP contribution in [0.15, 0.2) is 59.6 Å². The second-order valence-corrected chi connectivity index (χ2v) is 12.1. The van der Waals surface area contributed by atoms with Crippen molar-refractivity contribution in [2.24, 2.45) is 0 Å². The molecule has 2 heterocycles. The van der Waals surface area contributed by atoms with Gasteiger partial charge in [-0.1, -0.05) is 23.7 Å². The number of carbonyl (C=O) groups is 1. The number of hydrogen-bond acceptors (Lipinski definition) is 8. The molecule has 232 valence electrons. The van der Waals surface area contributed by atoms with Gasteiger partial charge in [-0.2, -0.15) is 18.2 Å². The Hall–Kier alpha value is -4.37. The van der Waals surface area contributed by atoms with E-state index in [-0.39, 0.29) is 61.7 Å². The Balaban J connectivity index is 1.44. The largest absolute Gasteiger partial charge is 0.480 e. The number of methoxy groups -OCH3 is 1. The summed E-state index contributed by atoms with van der Waals surface area (Å²) < 4.78 is 76.2. The smallest absolute Gasteiger partial charge is 0.418 e. The van der Waals surface area contributed by atoms with E-state index < -0.39 is 27.9 Å². The van der Waals surface area contributed by atoms with E-state index in [1.54, 1.807) is 6.07 Å². The van der Waals surface area contributed by atoms with Crippen molar-refractivity contribution in [1.29, 1.82) is 0 Å². The molecule has 1 saturated carbocycles. The van der Waals surface area contributed by atoms with Gasteiger partial charge in [0.15, 0.2) is 0 Å². The molecule has 2 aromatic carbocycles. The van der Waals surface area contributed by atoms with Crippen LogP contribution in [0.5, 0.6) is 5.88 Å². The number of sulfonamides is 1. The number of aromatic nitrogens is 3. The quantitative estimate of drug-likeness (QED) is 0.175. The van der Waals surface area contributed by atoms with Crippen molar-refractivity contribution in [3.63, 3.8) is 0 Å². The van der Waals surface area contributed by atoms with E-state index in [1.165, 1.54) is 49.7 Å². The molecule has 5 rings (SSSR count). The number of alkyl halides is 3. The van der Waals surface area contributed by atoms with Crippen LogP contribution in [-0.4, -0.2) is 53.8 Å². The van der Waals surface area contributed by atoms with Crippen LogP contribution in [0, 0.1) is 0 Å². The lowest BCUT2D eigenvalue weighted by Gasteiger charge is -2.29. The minimum absolute atomic E-state index is 0.000393. The number of nitrogens with one attached hydrogen (secondary N) is 3. The van der Waals surface area contributed by atoms with Crippen LogP contribution in [0.2, 0.25) is 5.02 Å². The van der Waals surface area contributed by atoms with Gasteiger partial charge in [0, 0.05) is 29.2 Å². The lowest BCUT2D eigenvalue weighted by Crippen LogP contribution is -2.39. The van der Waals surface area contributed by atoms with Gasteiger partial charge in [0.05, 0.1) is 23.2 Å². The highest BCUT2D eigenvalue weighted by Gasteiger charge is 2.35. The van der Waals surface area contributed by atoms with Crippen molar-refractivity contribution >= 4 is 50.4 Å². The Morgan fingerprint density at radius 1 is 1.05 bits per heavy atom. The van der Waals surface area contributed by atoms with Crippen LogP contribution in [0.4, 0.5) is 29.7 Å². The van der Waals surface area contributed by atoms with Crippen LogP contribution < -0.4 is 20.1 Å². The van der Waals surface area contributed by atoms with Gasteiger partial charge in [-0.15, -0.1) is 0 Å². The van der Waals surface area contributed by atoms with E-state index in [0.717, 1.165) is 6.07 Å². The number of rotatable bonds is 8. The first-order valence-electron chi connectivity index (χ1n) is 13.3. The molecule has 0 saturated heterocycles. The Morgan fingerprint density at radius 3 is 2.41 bits per heavy atom. The highest BCUT2D eigenvalue weighted by molar-refractivity contribution is 7.92. The normalized spacial score (nSPS) is 17.2. The van der Waals surface area contributed by atoms with Gasteiger partial charge in [-0.05, 0) is 67.6 Å². The van der Waals surface area contributed by atoms with Gasteiger partial charge in [0.25, 0.3) is 10.0 Å². The Kier molecular flexibility index (Phi) is 8.70. The summed E-state index contributed by atoms with van der Waals surface area (Å²) in [5.41, 5.74) is -1.04. The molecule has 0 unspecified atom stereocenters. The maximum Gasteiger partial charge on any atom is 0.418 e. The van der Waals surface area contributed by atoms with Crippen molar-refractivity contribution in [1.82, 2.24) is 20.3 Å². The van der Waals surface area contributed by atoms with Crippen molar-refractivity contribution in [3.05, 3.63) is 65.3 Å². The molecule has 0 spiro atoms. The van der Waals surface area contributed by atoms with E-state index in [0.29, 0.717) is 25.7 Å². The number of hydrogen-bond donors (Lipinski definition) is 4. The standard InChI is InChI=1S/C28H26ClF3N6O5S/c1-43-25-19(10-11-23(36-25)38-44(41,42)22-5-3-2-4-21(22)29)15-12-16-14-33-26(37-24(16)20(13-15)28(30,31)32)34-17-6-8-18(9-7-17)35-27(39)40/h2-5,10-14,17-18,35H,6-9H2,1H3,(H,36,38)(H,39,40)(H,33,34,37). The summed E-state index contributed by atoms with van der Waals surface area (Å²) in [6, 6.07) is 10.6. The summed E-state index contributed by atoms with van der Waals surface area (Å²) in [7, 11) is -2.86. The van der Waals surface area contributed by atoms with Gasteiger partial charge in [-0.3, -0.25) is 4.72 Å². The first-order chi connectivity index (χ1) is 20.8. The second-order valence-electron chi connectivity index (χ2n) is 10.1. The van der Waals surface area contributed by atoms with Gasteiger partial charge in [-0.25, -0.2) is 23.2 Å². The van der Waals surface area contributed by atoms with E-state index >= 15 is 0 Å². The first-order valence-corrected chi connectivity index (χ1v) is 15.2. The van der Waals surface area contributed by atoms with Crippen molar-refractivity contribution in [2.75, 3.05) is 17.1 Å². The number of benzene rings is 2. The molecule has 11 nitrogen and oxygen atoms in total. The van der Waals surface area contributed by atoms with Gasteiger partial charge in [0.1, 0.15) is 10.7 Å². The summed E-state index contributed by atoms with van der Waals surface area (Å²) in [6.45, 7) is 0. The van der Waals surface area contributed by atoms with Crippen molar-refractivity contribution in [2.45, 2.75) is 48.8 Å². The fourth-order valence-electron chi connectivity index (χ4n) is 5.05. The molecule has 0 atom stereocenters. The Bertz CT molecular complexity index is 1820. The Labute approximate surface area is 254 Å². The highest BCUT2D eigenvalue weighted by atomic mass is 35.5. The lowest BCUT2D eigenvalue weighted by atomic mass is 9.91. The van der Waals surface area contributed by atoms with E-state index in [4.69, 9.17) is 21.4 Å². The molecule has 44 heavy (non-hydrogen) atoms. The van der Waals surface area contributed by atoms with Crippen molar-refractivity contribution < 1.29 is 36.2 Å². The lowest BCUT2D eigenvalue weighted by molar-refractivity contribution is -0.136. The monoisotopic (exact) mass is 650 g/mol. The van der Waals surface area contributed by atoms with Crippen molar-refractivity contribution in [3.8, 4) is 17.0 Å². The molecule has 2 aromatic heterocycles. The third-order valence-corrected chi connectivity index (χ3v) is 8.96. The fraction of sp³-hybridized carbons (Fsp3) is 0.286. The van der Waals surface area contributed by atoms with E-state index in [1.807, 2.05) is 0 Å². The van der Waals surface area contributed by atoms with E-state index in [2.05, 4.69) is 30.3 Å². The zero-order valence-corrected chi connectivity index (χ0v) is 24.6. The van der Waals surface area contributed by atoms with Crippen LogP contribution in [0.25, 0.3) is 22.0 Å². The third-order valence-electron chi connectivity index (χ3n) is 7.11. The number of amides is 1. The average Bonchev–Trinajstić information content (AvgIpc) is 2.96. The second kappa shape index (κ2) is 12.3. The van der Waals surface area contributed by atoms with Gasteiger partial charge >= 0.3 is 12.3 Å². The first kappa shape index (κ1) is 31.1. The zero-order chi connectivity index (χ0) is 31.6. The van der Waals surface area contributed by atoms with Gasteiger partial charge in [0.2, 0.25) is 11.8 Å². The number of carboxylic acid groups (broad SMARTS) is 1. The number of fused-ring (bicyclic) bond motifs is 1. The van der Waals surface area contributed by atoms with E-state index in [9.17, 15) is 26.4 Å². The molecule has 0 radical (unpaired) electrons. The average molecular weight is 651 g/mol. The topological polar surface area (TPSA) is 155 Å². The SMILES string of the molecule is COc1nc(NS(=O)(=O)c2ccccc2Cl)ccc1-c1cc(C(F)(F)F)c2nc(NC3CCC(NC(=O)O)CC3)ncc2c1. The molecule has 1 amide bonds. The number of pyridine rings is 1. The predicted octanol–water partition coefficient (Wildman–Crippen LogP) is 6.16. The number of halogens is 4. The summed E-state index contributed by atoms with van der Waals surface area (Å²) in [4.78, 5) is 23.3. The molecular formula is C28H26ClF3N6O5S. The molecule has 1 aliphatic rings. The highest BCUT2D eigenvalue weighted by Crippen LogP contribution is 2.40.